The molecular formula is C21H22O2Si. The summed E-state index contributed by atoms with van der Waals surface area (Å²) >= 11 is 0. The summed E-state index contributed by atoms with van der Waals surface area (Å²) in [4.78, 5) is 0. The molecular weight excluding hydrogens is 312 g/mol. The third kappa shape index (κ3) is 4.37. The van der Waals surface area contributed by atoms with Crippen molar-refractivity contribution < 1.29 is 9.16 Å². The van der Waals surface area contributed by atoms with Gasteiger partial charge in [-0.05, 0) is 17.3 Å². The van der Waals surface area contributed by atoms with Gasteiger partial charge in [0.15, 0.2) is 0 Å². The molecule has 0 aromatic heterocycles. The minimum absolute atomic E-state index is 0.0704. The van der Waals surface area contributed by atoms with Crippen molar-refractivity contribution in [1.82, 2.24) is 0 Å². The van der Waals surface area contributed by atoms with Gasteiger partial charge in [0.1, 0.15) is 6.61 Å². The van der Waals surface area contributed by atoms with Crippen LogP contribution in [0.25, 0.3) is 0 Å². The van der Waals surface area contributed by atoms with Crippen molar-refractivity contribution in [3.8, 4) is 23.8 Å². The lowest BCUT2D eigenvalue weighted by molar-refractivity contribution is 0.229. The second-order valence-corrected chi connectivity index (χ2v) is 8.49. The van der Waals surface area contributed by atoms with Gasteiger partial charge in [0.05, 0.1) is 6.10 Å². The Hall–Kier alpha value is -2.30. The molecule has 0 aliphatic heterocycles. The van der Waals surface area contributed by atoms with Gasteiger partial charge in [-0.2, -0.15) is 0 Å². The molecule has 24 heavy (non-hydrogen) atoms. The molecule has 0 heterocycles. The normalized spacial score (nSPS) is 11.9. The predicted octanol–water partition coefficient (Wildman–Crippen LogP) is 2.36. The summed E-state index contributed by atoms with van der Waals surface area (Å²) < 4.78 is 11.7. The van der Waals surface area contributed by atoms with E-state index in [-0.39, 0.29) is 6.10 Å². The lowest BCUT2D eigenvalue weighted by atomic mass is 10.3. The van der Waals surface area contributed by atoms with Gasteiger partial charge in [-0.15, -0.1) is 12.3 Å². The molecule has 1 unspecified atom stereocenters. The summed E-state index contributed by atoms with van der Waals surface area (Å²) in [7, 11) is -1.08. The molecule has 0 aliphatic carbocycles. The highest BCUT2D eigenvalue weighted by Crippen LogP contribution is 2.12. The van der Waals surface area contributed by atoms with Crippen LogP contribution in [0, 0.1) is 23.8 Å². The Balaban J connectivity index is 2.60. The van der Waals surface area contributed by atoms with E-state index in [1.807, 2.05) is 43.3 Å². The molecule has 2 nitrogen and oxygen atoms in total. The zero-order valence-electron chi connectivity index (χ0n) is 14.2. The quantitative estimate of drug-likeness (QED) is 0.596. The van der Waals surface area contributed by atoms with Crippen LogP contribution < -0.4 is 10.4 Å². The third-order valence-corrected chi connectivity index (χ3v) is 7.20. The van der Waals surface area contributed by atoms with Crippen molar-refractivity contribution in [2.75, 3.05) is 13.7 Å². The monoisotopic (exact) mass is 334 g/mol. The highest BCUT2D eigenvalue weighted by atomic mass is 28.4. The van der Waals surface area contributed by atoms with Crippen LogP contribution in [0.5, 0.6) is 0 Å². The Morgan fingerprint density at radius 1 is 1.00 bits per heavy atom. The fraction of sp³-hybridized carbons (Fsp3) is 0.238. The van der Waals surface area contributed by atoms with Crippen LogP contribution in [0.3, 0.4) is 0 Å². The first-order valence-corrected chi connectivity index (χ1v) is 9.85. The Kier molecular flexibility index (Phi) is 6.84. The molecule has 0 bridgehead atoms. The third-order valence-electron chi connectivity index (χ3n) is 3.62. The molecule has 2 aromatic rings. The minimum Gasteiger partial charge on any atom is -0.395 e. The number of ether oxygens (including phenoxy) is 1. The van der Waals surface area contributed by atoms with Crippen molar-refractivity contribution in [3.63, 3.8) is 0 Å². The van der Waals surface area contributed by atoms with Crippen molar-refractivity contribution >= 4 is 18.7 Å². The Morgan fingerprint density at radius 3 is 2.00 bits per heavy atom. The smallest absolute Gasteiger partial charge is 0.337 e. The maximum Gasteiger partial charge on any atom is 0.337 e. The molecule has 0 spiro atoms. The minimum atomic E-state index is -2.72. The highest BCUT2D eigenvalue weighted by Gasteiger charge is 2.40. The summed E-state index contributed by atoms with van der Waals surface area (Å²) in [5, 5.41) is 2.23. The largest absolute Gasteiger partial charge is 0.395 e. The van der Waals surface area contributed by atoms with Crippen molar-refractivity contribution in [2.45, 2.75) is 19.4 Å². The molecule has 122 valence electrons. The summed E-state index contributed by atoms with van der Waals surface area (Å²) in [5.74, 6) is 5.82. The predicted molar refractivity (Wildman–Crippen MR) is 102 cm³/mol. The molecule has 2 aromatic carbocycles. The average molecular weight is 334 g/mol. The van der Waals surface area contributed by atoms with E-state index >= 15 is 0 Å². The van der Waals surface area contributed by atoms with Gasteiger partial charge < -0.3 is 9.16 Å². The number of rotatable bonds is 6. The van der Waals surface area contributed by atoms with Crippen LogP contribution in [-0.2, 0) is 9.16 Å². The van der Waals surface area contributed by atoms with Crippen LogP contribution in [0.1, 0.15) is 13.3 Å². The number of hydrogen-bond donors (Lipinski definition) is 0. The van der Waals surface area contributed by atoms with E-state index in [9.17, 15) is 0 Å². The summed E-state index contributed by atoms with van der Waals surface area (Å²) in [6, 6.07) is 20.4. The first kappa shape index (κ1) is 18.0. The Morgan fingerprint density at radius 2 is 1.54 bits per heavy atom. The summed E-state index contributed by atoms with van der Waals surface area (Å²) in [6.07, 6.45) is 5.96. The van der Waals surface area contributed by atoms with E-state index < -0.39 is 8.32 Å². The molecule has 0 radical (unpaired) electrons. The van der Waals surface area contributed by atoms with Gasteiger partial charge in [0, 0.05) is 13.5 Å². The van der Waals surface area contributed by atoms with E-state index in [2.05, 4.69) is 41.7 Å². The second kappa shape index (κ2) is 9.10. The molecule has 0 fully saturated rings. The fourth-order valence-corrected chi connectivity index (χ4v) is 5.85. The van der Waals surface area contributed by atoms with Crippen LogP contribution in [0.4, 0.5) is 0 Å². The molecule has 0 saturated heterocycles. The lowest BCUT2D eigenvalue weighted by Crippen LogP contribution is -2.61. The lowest BCUT2D eigenvalue weighted by Gasteiger charge is -2.30. The maximum absolute atomic E-state index is 6.56. The summed E-state index contributed by atoms with van der Waals surface area (Å²) in [6.45, 7) is 2.38. The van der Waals surface area contributed by atoms with E-state index in [1.54, 1.807) is 7.11 Å². The van der Waals surface area contributed by atoms with Crippen molar-refractivity contribution in [1.29, 1.82) is 0 Å². The molecule has 0 aliphatic rings. The van der Waals surface area contributed by atoms with E-state index in [0.717, 1.165) is 10.4 Å². The maximum atomic E-state index is 6.56. The Bertz CT molecular complexity index is 684. The van der Waals surface area contributed by atoms with Gasteiger partial charge in [-0.3, -0.25) is 0 Å². The van der Waals surface area contributed by atoms with E-state index in [1.165, 1.54) is 0 Å². The molecule has 0 N–H and O–H groups in total. The van der Waals surface area contributed by atoms with Crippen LogP contribution in [-0.4, -0.2) is 28.1 Å². The van der Waals surface area contributed by atoms with Gasteiger partial charge in [0.2, 0.25) is 0 Å². The second-order valence-electron chi connectivity index (χ2n) is 5.48. The first-order chi connectivity index (χ1) is 11.7. The van der Waals surface area contributed by atoms with Gasteiger partial charge in [-0.1, -0.05) is 72.1 Å². The van der Waals surface area contributed by atoms with Crippen LogP contribution in [0.2, 0.25) is 0 Å². The fourth-order valence-electron chi connectivity index (χ4n) is 2.56. The van der Waals surface area contributed by atoms with Gasteiger partial charge in [-0.25, -0.2) is 0 Å². The topological polar surface area (TPSA) is 18.5 Å². The van der Waals surface area contributed by atoms with Gasteiger partial charge >= 0.3 is 8.32 Å². The number of terminal acetylenes is 1. The number of benzene rings is 2. The van der Waals surface area contributed by atoms with Crippen LogP contribution in [0.15, 0.2) is 60.7 Å². The van der Waals surface area contributed by atoms with Gasteiger partial charge in [0.25, 0.3) is 0 Å². The van der Waals surface area contributed by atoms with E-state index in [0.29, 0.717) is 13.0 Å². The molecule has 0 saturated carbocycles. The molecule has 0 amide bonds. The molecule has 2 rings (SSSR count). The number of hydrogen-bond acceptors (Lipinski definition) is 2. The summed E-state index contributed by atoms with van der Waals surface area (Å²) in [5.41, 5.74) is 3.43. The zero-order chi connectivity index (χ0) is 17.3. The average Bonchev–Trinajstić information content (AvgIpc) is 2.63. The number of methoxy groups -OCH3 is 1. The Labute approximate surface area is 146 Å². The van der Waals surface area contributed by atoms with Crippen LogP contribution >= 0.6 is 0 Å². The first-order valence-electron chi connectivity index (χ1n) is 7.94. The zero-order valence-corrected chi connectivity index (χ0v) is 15.2. The standard InChI is InChI=1S/C21H22O2Si/c1-4-12-19(2)23-24(18-11-17-22-3,20-13-7-5-8-14-20)21-15-9-6-10-16-21/h1,5-10,13-16,19H,12,17H2,2-3H3. The SMILES string of the molecule is C#CCC(C)O[Si](C#CCOC)(c1ccccc1)c1ccccc1. The highest BCUT2D eigenvalue weighted by molar-refractivity contribution is 7.03. The van der Waals surface area contributed by atoms with Crippen molar-refractivity contribution in [3.05, 3.63) is 60.7 Å². The van der Waals surface area contributed by atoms with Crippen molar-refractivity contribution in [2.24, 2.45) is 0 Å². The van der Waals surface area contributed by atoms with E-state index in [4.69, 9.17) is 15.6 Å². The molecule has 3 heteroatoms. The molecule has 1 atom stereocenters.